The molecule has 1 saturated heterocycles. The monoisotopic (exact) mass is 410 g/mol. The Morgan fingerprint density at radius 2 is 1.76 bits per heavy atom. The fourth-order valence-electron chi connectivity index (χ4n) is 3.28. The molecule has 0 bridgehead atoms. The number of aromatic nitrogens is 3. The molecule has 0 radical (unpaired) electrons. The van der Waals surface area contributed by atoms with Gasteiger partial charge in [0.2, 0.25) is 0 Å². The van der Waals surface area contributed by atoms with Crippen molar-refractivity contribution in [2.75, 3.05) is 38.6 Å². The molecule has 152 valence electrons. The molecule has 29 heavy (non-hydrogen) atoms. The number of aryl methyl sites for hydroxylation is 1. The van der Waals surface area contributed by atoms with Gasteiger partial charge in [-0.1, -0.05) is 48.2 Å². The Morgan fingerprint density at radius 1 is 1.00 bits per heavy atom. The molecular formula is C22H26N4O2S. The molecule has 0 atom stereocenters. The quantitative estimate of drug-likeness (QED) is 0.529. The summed E-state index contributed by atoms with van der Waals surface area (Å²) in [6.45, 7) is 7.09. The van der Waals surface area contributed by atoms with E-state index in [2.05, 4.69) is 31.8 Å². The lowest BCUT2D eigenvalue weighted by Crippen LogP contribution is -2.37. The van der Waals surface area contributed by atoms with Crippen LogP contribution < -0.4 is 4.74 Å². The van der Waals surface area contributed by atoms with Crippen molar-refractivity contribution < 1.29 is 9.47 Å². The van der Waals surface area contributed by atoms with Crippen molar-refractivity contribution in [3.8, 4) is 11.4 Å². The zero-order valence-corrected chi connectivity index (χ0v) is 17.5. The molecule has 0 aliphatic carbocycles. The second kappa shape index (κ2) is 9.91. The average Bonchev–Trinajstić information content (AvgIpc) is 3.17. The SMILES string of the molecule is Cc1ccccc1OCc1nnc(SCCN2CCOCC2)n1-c1ccccc1. The van der Waals surface area contributed by atoms with Crippen LogP contribution in [0.2, 0.25) is 0 Å². The number of ether oxygens (including phenoxy) is 2. The molecule has 1 fully saturated rings. The second-order valence-electron chi connectivity index (χ2n) is 6.93. The number of thioether (sulfide) groups is 1. The van der Waals surface area contributed by atoms with Gasteiger partial charge in [0, 0.05) is 31.1 Å². The molecule has 0 saturated carbocycles. The minimum Gasteiger partial charge on any atom is -0.485 e. The Bertz CT molecular complexity index is 910. The molecule has 0 spiro atoms. The van der Waals surface area contributed by atoms with Crippen molar-refractivity contribution in [2.24, 2.45) is 0 Å². The first-order valence-corrected chi connectivity index (χ1v) is 10.9. The summed E-state index contributed by atoms with van der Waals surface area (Å²) < 4.78 is 13.6. The van der Waals surface area contributed by atoms with Crippen LogP contribution in [0.4, 0.5) is 0 Å². The van der Waals surface area contributed by atoms with Crippen LogP contribution in [0.25, 0.3) is 5.69 Å². The number of rotatable bonds is 8. The van der Waals surface area contributed by atoms with Crippen LogP contribution in [0, 0.1) is 6.92 Å². The van der Waals surface area contributed by atoms with Gasteiger partial charge in [-0.3, -0.25) is 9.47 Å². The summed E-state index contributed by atoms with van der Waals surface area (Å²) in [5, 5.41) is 9.79. The van der Waals surface area contributed by atoms with Crippen LogP contribution >= 0.6 is 11.8 Å². The van der Waals surface area contributed by atoms with Gasteiger partial charge in [0.15, 0.2) is 11.0 Å². The predicted octanol–water partition coefficient (Wildman–Crippen LogP) is 3.58. The van der Waals surface area contributed by atoms with Gasteiger partial charge < -0.3 is 9.47 Å². The minimum absolute atomic E-state index is 0.372. The first kappa shape index (κ1) is 19.9. The van der Waals surface area contributed by atoms with Gasteiger partial charge in [-0.15, -0.1) is 10.2 Å². The average molecular weight is 411 g/mol. The summed E-state index contributed by atoms with van der Waals surface area (Å²) in [6, 6.07) is 18.3. The van der Waals surface area contributed by atoms with Gasteiger partial charge in [0.1, 0.15) is 12.4 Å². The van der Waals surface area contributed by atoms with Crippen molar-refractivity contribution >= 4 is 11.8 Å². The molecule has 6 nitrogen and oxygen atoms in total. The van der Waals surface area contributed by atoms with Crippen molar-refractivity contribution in [3.63, 3.8) is 0 Å². The maximum absolute atomic E-state index is 6.04. The van der Waals surface area contributed by atoms with E-state index in [1.165, 1.54) is 0 Å². The van der Waals surface area contributed by atoms with Crippen molar-refractivity contribution in [1.82, 2.24) is 19.7 Å². The van der Waals surface area contributed by atoms with E-state index < -0.39 is 0 Å². The molecule has 2 heterocycles. The van der Waals surface area contributed by atoms with Gasteiger partial charge in [-0.05, 0) is 30.7 Å². The maximum Gasteiger partial charge on any atom is 0.195 e. The van der Waals surface area contributed by atoms with E-state index in [0.717, 1.165) is 66.6 Å². The number of hydrogen-bond donors (Lipinski definition) is 0. The van der Waals surface area contributed by atoms with Crippen LogP contribution in [0.5, 0.6) is 5.75 Å². The van der Waals surface area contributed by atoms with Gasteiger partial charge in [0.05, 0.1) is 13.2 Å². The normalized spacial score (nSPS) is 14.8. The van der Waals surface area contributed by atoms with Gasteiger partial charge in [-0.2, -0.15) is 0 Å². The fraction of sp³-hybridized carbons (Fsp3) is 0.364. The van der Waals surface area contributed by atoms with E-state index in [1.54, 1.807) is 11.8 Å². The molecule has 7 heteroatoms. The van der Waals surface area contributed by atoms with E-state index in [-0.39, 0.29) is 0 Å². The number of benzene rings is 2. The molecule has 2 aromatic carbocycles. The lowest BCUT2D eigenvalue weighted by molar-refractivity contribution is 0.0410. The van der Waals surface area contributed by atoms with E-state index >= 15 is 0 Å². The highest BCUT2D eigenvalue weighted by Crippen LogP contribution is 2.24. The first-order valence-electron chi connectivity index (χ1n) is 9.92. The Morgan fingerprint density at radius 3 is 2.55 bits per heavy atom. The lowest BCUT2D eigenvalue weighted by Gasteiger charge is -2.26. The zero-order valence-electron chi connectivity index (χ0n) is 16.7. The molecule has 4 rings (SSSR count). The third-order valence-electron chi connectivity index (χ3n) is 4.91. The lowest BCUT2D eigenvalue weighted by atomic mass is 10.2. The minimum atomic E-state index is 0.372. The third kappa shape index (κ3) is 5.18. The van der Waals surface area contributed by atoms with Crippen molar-refractivity contribution in [3.05, 3.63) is 66.0 Å². The fourth-order valence-corrected chi connectivity index (χ4v) is 4.25. The second-order valence-corrected chi connectivity index (χ2v) is 7.99. The summed E-state index contributed by atoms with van der Waals surface area (Å²) >= 11 is 1.73. The van der Waals surface area contributed by atoms with Crippen LogP contribution in [-0.4, -0.2) is 58.3 Å². The number of para-hydroxylation sites is 2. The standard InChI is InChI=1S/C22H26N4O2S/c1-18-7-5-6-10-20(18)28-17-21-23-24-22(26(21)19-8-3-2-4-9-19)29-16-13-25-11-14-27-15-12-25/h2-10H,11-17H2,1H3. The van der Waals surface area contributed by atoms with Crippen LogP contribution in [0.1, 0.15) is 11.4 Å². The molecule has 0 amide bonds. The van der Waals surface area contributed by atoms with Crippen LogP contribution in [-0.2, 0) is 11.3 Å². The number of nitrogens with zero attached hydrogens (tertiary/aromatic N) is 4. The van der Waals surface area contributed by atoms with Crippen molar-refractivity contribution in [2.45, 2.75) is 18.7 Å². The third-order valence-corrected chi connectivity index (χ3v) is 5.82. The maximum atomic E-state index is 6.04. The van der Waals surface area contributed by atoms with Gasteiger partial charge >= 0.3 is 0 Å². The Labute approximate surface area is 175 Å². The van der Waals surface area contributed by atoms with Gasteiger partial charge in [0.25, 0.3) is 0 Å². The number of morpholine rings is 1. The molecule has 1 aliphatic rings. The van der Waals surface area contributed by atoms with E-state index in [0.29, 0.717) is 6.61 Å². The molecular weight excluding hydrogens is 384 g/mol. The van der Waals surface area contributed by atoms with Crippen LogP contribution in [0.3, 0.4) is 0 Å². The van der Waals surface area contributed by atoms with E-state index in [1.807, 2.05) is 49.4 Å². The summed E-state index contributed by atoms with van der Waals surface area (Å²) in [5.74, 6) is 2.63. The first-order chi connectivity index (χ1) is 14.3. The highest BCUT2D eigenvalue weighted by molar-refractivity contribution is 7.99. The summed E-state index contributed by atoms with van der Waals surface area (Å²) in [4.78, 5) is 2.43. The topological polar surface area (TPSA) is 52.4 Å². The molecule has 1 aromatic heterocycles. The molecule has 0 unspecified atom stereocenters. The van der Waals surface area contributed by atoms with E-state index in [9.17, 15) is 0 Å². The largest absolute Gasteiger partial charge is 0.485 e. The van der Waals surface area contributed by atoms with E-state index in [4.69, 9.17) is 9.47 Å². The van der Waals surface area contributed by atoms with Crippen molar-refractivity contribution in [1.29, 1.82) is 0 Å². The summed E-state index contributed by atoms with van der Waals surface area (Å²) in [5.41, 5.74) is 2.16. The van der Waals surface area contributed by atoms with Crippen LogP contribution in [0.15, 0.2) is 59.8 Å². The Kier molecular flexibility index (Phi) is 6.82. The molecule has 1 aliphatic heterocycles. The molecule has 3 aromatic rings. The zero-order chi connectivity index (χ0) is 19.9. The van der Waals surface area contributed by atoms with Gasteiger partial charge in [-0.25, -0.2) is 0 Å². The summed E-state index contributed by atoms with van der Waals surface area (Å²) in [6.07, 6.45) is 0. The highest BCUT2D eigenvalue weighted by atomic mass is 32.2. The smallest absolute Gasteiger partial charge is 0.195 e. The number of hydrogen-bond acceptors (Lipinski definition) is 6. The summed E-state index contributed by atoms with van der Waals surface area (Å²) in [7, 11) is 0. The Hall–Kier alpha value is -2.35. The highest BCUT2D eigenvalue weighted by Gasteiger charge is 2.16. The molecule has 0 N–H and O–H groups in total. The predicted molar refractivity (Wildman–Crippen MR) is 115 cm³/mol. The Balaban J connectivity index is 1.48.